The Labute approximate surface area is 191 Å². The summed E-state index contributed by atoms with van der Waals surface area (Å²) in [7, 11) is 4.94. The van der Waals surface area contributed by atoms with E-state index in [9.17, 15) is 9.59 Å². The maximum absolute atomic E-state index is 13.2. The highest BCUT2D eigenvalue weighted by Gasteiger charge is 2.24. The Bertz CT molecular complexity index is 1050. The van der Waals surface area contributed by atoms with E-state index in [0.29, 0.717) is 11.5 Å². The van der Waals surface area contributed by atoms with Crippen molar-refractivity contribution < 1.29 is 9.59 Å². The standard InChI is InChI=1S/C20H27N11O2/c1-22-16(19(32)23-2)14(8-21)28-20(33)17-18(27-13-9-24-12-25-10-13)26-11-15(29-17)31-6-4-30(3)5-7-31/h8-12H,4-7,21H2,1-3H3,(H,23,32)(H,26,27)(H,28,33). The van der Waals surface area contributed by atoms with Crippen LogP contribution in [-0.2, 0) is 4.79 Å². The predicted octanol–water partition coefficient (Wildman–Crippen LogP) is -0.891. The monoisotopic (exact) mass is 453 g/mol. The summed E-state index contributed by atoms with van der Waals surface area (Å²) in [5.74, 6) is -0.338. The topological polar surface area (TPSA) is 167 Å². The summed E-state index contributed by atoms with van der Waals surface area (Å²) >= 11 is 0. The molecular weight excluding hydrogens is 426 g/mol. The smallest absolute Gasteiger partial charge is 0.278 e. The number of piperazine rings is 1. The van der Waals surface area contributed by atoms with E-state index in [-0.39, 0.29) is 22.9 Å². The van der Waals surface area contributed by atoms with Gasteiger partial charge in [0.05, 0.1) is 30.0 Å². The Morgan fingerprint density at radius 3 is 2.45 bits per heavy atom. The molecule has 0 spiro atoms. The van der Waals surface area contributed by atoms with E-state index >= 15 is 0 Å². The van der Waals surface area contributed by atoms with Crippen molar-refractivity contribution in [3.8, 4) is 0 Å². The van der Waals surface area contributed by atoms with E-state index in [1.807, 2.05) is 0 Å². The Morgan fingerprint density at radius 1 is 1.15 bits per heavy atom. The lowest BCUT2D eigenvalue weighted by Crippen LogP contribution is -2.45. The molecule has 1 aliphatic rings. The van der Waals surface area contributed by atoms with Crippen LogP contribution in [0.4, 0.5) is 17.3 Å². The summed E-state index contributed by atoms with van der Waals surface area (Å²) in [5, 5.41) is 8.09. The fourth-order valence-electron chi connectivity index (χ4n) is 3.14. The molecule has 0 atom stereocenters. The van der Waals surface area contributed by atoms with Gasteiger partial charge < -0.3 is 31.5 Å². The van der Waals surface area contributed by atoms with Crippen LogP contribution in [0.25, 0.3) is 0 Å². The minimum absolute atomic E-state index is 0.0157. The molecule has 5 N–H and O–H groups in total. The van der Waals surface area contributed by atoms with Gasteiger partial charge in [0.2, 0.25) is 0 Å². The van der Waals surface area contributed by atoms with Crippen LogP contribution in [-0.4, -0.2) is 89.7 Å². The third kappa shape index (κ3) is 5.77. The van der Waals surface area contributed by atoms with Crippen molar-refractivity contribution in [3.63, 3.8) is 0 Å². The first-order chi connectivity index (χ1) is 16.0. The molecule has 174 valence electrons. The first-order valence-electron chi connectivity index (χ1n) is 10.2. The summed E-state index contributed by atoms with van der Waals surface area (Å²) in [6.45, 7) is 3.24. The molecule has 0 bridgehead atoms. The molecule has 2 amide bonds. The van der Waals surface area contributed by atoms with Crippen molar-refractivity contribution >= 4 is 34.8 Å². The van der Waals surface area contributed by atoms with E-state index in [1.165, 1.54) is 20.4 Å². The zero-order valence-electron chi connectivity index (χ0n) is 18.7. The summed E-state index contributed by atoms with van der Waals surface area (Å²) in [5.41, 5.74) is 6.24. The predicted molar refractivity (Wildman–Crippen MR) is 124 cm³/mol. The highest BCUT2D eigenvalue weighted by molar-refractivity contribution is 6.45. The minimum Gasteiger partial charge on any atom is -0.403 e. The van der Waals surface area contributed by atoms with Gasteiger partial charge in [-0.25, -0.2) is 19.9 Å². The molecule has 13 heteroatoms. The van der Waals surface area contributed by atoms with Crippen LogP contribution < -0.4 is 26.6 Å². The summed E-state index contributed by atoms with van der Waals surface area (Å²) in [6, 6.07) is 0. The van der Waals surface area contributed by atoms with Gasteiger partial charge in [0, 0.05) is 46.5 Å². The lowest BCUT2D eigenvalue weighted by molar-refractivity contribution is -0.114. The van der Waals surface area contributed by atoms with Crippen LogP contribution in [0.15, 0.2) is 41.8 Å². The van der Waals surface area contributed by atoms with E-state index in [2.05, 4.69) is 57.7 Å². The summed E-state index contributed by atoms with van der Waals surface area (Å²) in [4.78, 5) is 50.5. The Hall–Kier alpha value is -4.13. The maximum atomic E-state index is 13.2. The van der Waals surface area contributed by atoms with Crippen molar-refractivity contribution in [1.29, 1.82) is 0 Å². The molecule has 1 fully saturated rings. The number of amides is 2. The average Bonchev–Trinajstić information content (AvgIpc) is 2.85. The van der Waals surface area contributed by atoms with Crippen molar-refractivity contribution in [2.75, 3.05) is 57.5 Å². The largest absolute Gasteiger partial charge is 0.403 e. The maximum Gasteiger partial charge on any atom is 0.278 e. The SMILES string of the molecule is CN=C(C(=O)NC)C(=CN)NC(=O)c1nc(N2CCN(C)CC2)cnc1Nc1cncnc1. The zero-order valence-corrected chi connectivity index (χ0v) is 18.7. The second kappa shape index (κ2) is 10.9. The van der Waals surface area contributed by atoms with Crippen LogP contribution in [0.3, 0.4) is 0 Å². The normalized spacial score (nSPS) is 15.2. The lowest BCUT2D eigenvalue weighted by Gasteiger charge is -2.33. The molecule has 1 saturated heterocycles. The molecule has 0 aliphatic carbocycles. The average molecular weight is 454 g/mol. The molecule has 13 nitrogen and oxygen atoms in total. The number of likely N-dealkylation sites (N-methyl/N-ethyl adjacent to an activating group) is 1. The van der Waals surface area contributed by atoms with Crippen molar-refractivity contribution in [3.05, 3.63) is 42.5 Å². The van der Waals surface area contributed by atoms with Crippen LogP contribution >= 0.6 is 0 Å². The Morgan fingerprint density at radius 2 is 1.85 bits per heavy atom. The van der Waals surface area contributed by atoms with Gasteiger partial charge >= 0.3 is 0 Å². The number of carbonyl (C=O) groups excluding carboxylic acids is 2. The molecule has 0 unspecified atom stereocenters. The number of hydrogen-bond donors (Lipinski definition) is 4. The van der Waals surface area contributed by atoms with E-state index in [4.69, 9.17) is 5.73 Å². The van der Waals surface area contributed by atoms with Crippen molar-refractivity contribution in [1.82, 2.24) is 35.5 Å². The molecule has 2 aromatic rings. The highest BCUT2D eigenvalue weighted by atomic mass is 16.2. The fraction of sp³-hybridized carbons (Fsp3) is 0.350. The van der Waals surface area contributed by atoms with Crippen molar-refractivity contribution in [2.45, 2.75) is 0 Å². The third-order valence-corrected chi connectivity index (χ3v) is 4.96. The van der Waals surface area contributed by atoms with Crippen LogP contribution in [0, 0.1) is 0 Å². The number of nitrogens with zero attached hydrogens (tertiary/aromatic N) is 7. The van der Waals surface area contributed by atoms with Crippen molar-refractivity contribution in [2.24, 2.45) is 10.7 Å². The molecule has 3 heterocycles. The summed E-state index contributed by atoms with van der Waals surface area (Å²) in [6.07, 6.45) is 7.19. The van der Waals surface area contributed by atoms with Crippen LogP contribution in [0.5, 0.6) is 0 Å². The molecule has 1 aliphatic heterocycles. The number of nitrogens with one attached hydrogen (secondary N) is 3. The number of aromatic nitrogens is 4. The van der Waals surface area contributed by atoms with Gasteiger partial charge in [-0.1, -0.05) is 0 Å². The first-order valence-corrected chi connectivity index (χ1v) is 10.2. The number of aliphatic imine (C=N–C) groups is 1. The third-order valence-electron chi connectivity index (χ3n) is 4.96. The number of carbonyl (C=O) groups is 2. The Balaban J connectivity index is 1.94. The van der Waals surface area contributed by atoms with E-state index in [1.54, 1.807) is 18.6 Å². The zero-order chi connectivity index (χ0) is 23.8. The molecule has 0 aromatic carbocycles. The van der Waals surface area contributed by atoms with Gasteiger partial charge in [-0.05, 0) is 7.05 Å². The second-order valence-electron chi connectivity index (χ2n) is 7.15. The minimum atomic E-state index is -0.611. The highest BCUT2D eigenvalue weighted by Crippen LogP contribution is 2.21. The van der Waals surface area contributed by atoms with Gasteiger partial charge in [0.15, 0.2) is 11.5 Å². The first kappa shape index (κ1) is 23.5. The van der Waals surface area contributed by atoms with E-state index in [0.717, 1.165) is 32.4 Å². The van der Waals surface area contributed by atoms with Gasteiger partial charge in [-0.3, -0.25) is 14.6 Å². The van der Waals surface area contributed by atoms with Gasteiger partial charge in [-0.2, -0.15) is 0 Å². The number of hydrogen-bond acceptors (Lipinski definition) is 11. The second-order valence-corrected chi connectivity index (χ2v) is 7.15. The Kier molecular flexibility index (Phi) is 7.81. The molecule has 3 rings (SSSR count). The molecule has 2 aromatic heterocycles. The van der Waals surface area contributed by atoms with Gasteiger partial charge in [-0.15, -0.1) is 0 Å². The molecule has 0 saturated carbocycles. The molecule has 0 radical (unpaired) electrons. The van der Waals surface area contributed by atoms with E-state index < -0.39 is 11.8 Å². The fourth-order valence-corrected chi connectivity index (χ4v) is 3.14. The van der Waals surface area contributed by atoms with Gasteiger partial charge in [0.25, 0.3) is 11.8 Å². The van der Waals surface area contributed by atoms with Crippen LogP contribution in [0.1, 0.15) is 10.5 Å². The summed E-state index contributed by atoms with van der Waals surface area (Å²) < 4.78 is 0. The van der Waals surface area contributed by atoms with Crippen LogP contribution in [0.2, 0.25) is 0 Å². The number of nitrogens with two attached hydrogens (primary N) is 1. The number of anilines is 3. The molecular formula is C20H27N11O2. The molecule has 33 heavy (non-hydrogen) atoms. The lowest BCUT2D eigenvalue weighted by atomic mass is 10.2. The quantitative estimate of drug-likeness (QED) is 0.386. The number of rotatable bonds is 7. The van der Waals surface area contributed by atoms with Gasteiger partial charge in [0.1, 0.15) is 17.9 Å².